The summed E-state index contributed by atoms with van der Waals surface area (Å²) in [6, 6.07) is 24.0. The van der Waals surface area contributed by atoms with E-state index in [-0.39, 0.29) is 12.1 Å². The van der Waals surface area contributed by atoms with Crippen molar-refractivity contribution >= 4 is 0 Å². The Morgan fingerprint density at radius 3 is 1.50 bits per heavy atom. The van der Waals surface area contributed by atoms with Gasteiger partial charge in [-0.15, -0.1) is 0 Å². The van der Waals surface area contributed by atoms with Crippen LogP contribution < -0.4 is 0 Å². The molecule has 2 aromatic carbocycles. The van der Waals surface area contributed by atoms with Gasteiger partial charge in [-0.25, -0.2) is 0 Å². The summed E-state index contributed by atoms with van der Waals surface area (Å²) < 4.78 is 0. The second-order valence-electron chi connectivity index (χ2n) is 6.00. The maximum Gasteiger partial charge on any atom is 0.124 e. The van der Waals surface area contributed by atoms with Crippen LogP contribution in [0.15, 0.2) is 60.7 Å². The Bertz CT molecular complexity index is 666. The van der Waals surface area contributed by atoms with Crippen molar-refractivity contribution in [3.63, 3.8) is 0 Å². The SMILES string of the molecule is N#C[C@H](c1ccccc1)N1CCCN([C@@H](C#N)c2ccccc2)C1. The van der Waals surface area contributed by atoms with Crippen LogP contribution in [0, 0.1) is 22.7 Å². The van der Waals surface area contributed by atoms with Crippen molar-refractivity contribution in [1.29, 1.82) is 10.5 Å². The Morgan fingerprint density at radius 2 is 1.12 bits per heavy atom. The molecule has 4 nitrogen and oxygen atoms in total. The molecule has 0 amide bonds. The van der Waals surface area contributed by atoms with Crippen LogP contribution in [0.4, 0.5) is 0 Å². The van der Waals surface area contributed by atoms with E-state index in [2.05, 4.69) is 21.9 Å². The summed E-state index contributed by atoms with van der Waals surface area (Å²) in [6.07, 6.45) is 0.954. The highest BCUT2D eigenvalue weighted by Crippen LogP contribution is 2.27. The molecule has 0 aliphatic carbocycles. The molecule has 1 heterocycles. The first kappa shape index (κ1) is 16.2. The van der Waals surface area contributed by atoms with Gasteiger partial charge in [-0.2, -0.15) is 10.5 Å². The summed E-state index contributed by atoms with van der Waals surface area (Å²) >= 11 is 0. The number of hydrogen-bond acceptors (Lipinski definition) is 4. The minimum Gasteiger partial charge on any atom is -0.271 e. The van der Waals surface area contributed by atoms with Crippen molar-refractivity contribution in [2.24, 2.45) is 0 Å². The van der Waals surface area contributed by atoms with Crippen LogP contribution in [-0.2, 0) is 0 Å². The van der Waals surface area contributed by atoms with Gasteiger partial charge in [-0.05, 0) is 17.5 Å². The van der Waals surface area contributed by atoms with E-state index in [9.17, 15) is 10.5 Å². The molecule has 0 N–H and O–H groups in total. The molecule has 0 saturated carbocycles. The first-order valence-corrected chi connectivity index (χ1v) is 8.20. The van der Waals surface area contributed by atoms with Gasteiger partial charge in [0.25, 0.3) is 0 Å². The van der Waals surface area contributed by atoms with Gasteiger partial charge in [0.1, 0.15) is 12.1 Å². The average molecular weight is 316 g/mol. The Hall–Kier alpha value is -2.66. The number of rotatable bonds is 4. The molecule has 0 radical (unpaired) electrons. The van der Waals surface area contributed by atoms with Crippen LogP contribution in [0.25, 0.3) is 0 Å². The van der Waals surface area contributed by atoms with E-state index in [4.69, 9.17) is 0 Å². The molecule has 120 valence electrons. The summed E-state index contributed by atoms with van der Waals surface area (Å²) in [4.78, 5) is 4.32. The van der Waals surface area contributed by atoms with Gasteiger partial charge in [0.05, 0.1) is 18.8 Å². The van der Waals surface area contributed by atoms with Crippen LogP contribution >= 0.6 is 0 Å². The molecule has 0 aromatic heterocycles. The topological polar surface area (TPSA) is 54.1 Å². The first-order valence-electron chi connectivity index (χ1n) is 8.20. The van der Waals surface area contributed by atoms with Crippen molar-refractivity contribution < 1.29 is 0 Å². The van der Waals surface area contributed by atoms with Crippen molar-refractivity contribution in [3.8, 4) is 12.1 Å². The zero-order valence-electron chi connectivity index (χ0n) is 13.5. The van der Waals surface area contributed by atoms with E-state index in [1.54, 1.807) is 0 Å². The number of nitrogens with zero attached hydrogens (tertiary/aromatic N) is 4. The number of hydrogen-bond donors (Lipinski definition) is 0. The second kappa shape index (κ2) is 7.75. The highest BCUT2D eigenvalue weighted by atomic mass is 15.4. The third-order valence-electron chi connectivity index (χ3n) is 4.46. The van der Waals surface area contributed by atoms with E-state index in [0.717, 1.165) is 30.6 Å². The summed E-state index contributed by atoms with van der Waals surface area (Å²) in [5.41, 5.74) is 2.02. The third-order valence-corrected chi connectivity index (χ3v) is 4.46. The average Bonchev–Trinajstić information content (AvgIpc) is 2.65. The van der Waals surface area contributed by atoms with Crippen LogP contribution in [0.1, 0.15) is 29.6 Å². The van der Waals surface area contributed by atoms with Gasteiger partial charge < -0.3 is 0 Å². The molecule has 3 rings (SSSR count). The molecule has 2 atom stereocenters. The standard InChI is InChI=1S/C20H20N4/c21-14-19(17-8-3-1-4-9-17)23-12-7-13-24(16-23)20(15-22)18-10-5-2-6-11-18/h1-6,8-11,19-20H,7,12-13,16H2/t19-,20+. The lowest BCUT2D eigenvalue weighted by Gasteiger charge is -2.39. The minimum absolute atomic E-state index is 0.274. The zero-order chi connectivity index (χ0) is 16.8. The predicted octanol–water partition coefficient (Wildman–Crippen LogP) is 3.48. The highest BCUT2D eigenvalue weighted by molar-refractivity contribution is 5.26. The molecule has 0 spiro atoms. The number of nitriles is 2. The van der Waals surface area contributed by atoms with E-state index in [0.29, 0.717) is 6.67 Å². The van der Waals surface area contributed by atoms with Crippen molar-refractivity contribution in [3.05, 3.63) is 71.8 Å². The maximum atomic E-state index is 9.66. The fraction of sp³-hybridized carbons (Fsp3) is 0.300. The van der Waals surface area contributed by atoms with Crippen LogP contribution in [0.5, 0.6) is 0 Å². The summed E-state index contributed by atoms with van der Waals surface area (Å²) in [7, 11) is 0. The molecule has 1 aliphatic rings. The molecule has 24 heavy (non-hydrogen) atoms. The van der Waals surface area contributed by atoms with E-state index in [1.807, 2.05) is 60.7 Å². The van der Waals surface area contributed by atoms with E-state index in [1.165, 1.54) is 0 Å². The Morgan fingerprint density at radius 1 is 0.708 bits per heavy atom. The van der Waals surface area contributed by atoms with Gasteiger partial charge >= 0.3 is 0 Å². The van der Waals surface area contributed by atoms with Crippen LogP contribution in [0.2, 0.25) is 0 Å². The van der Waals surface area contributed by atoms with Crippen molar-refractivity contribution in [2.45, 2.75) is 18.5 Å². The van der Waals surface area contributed by atoms with Gasteiger partial charge in [0.2, 0.25) is 0 Å². The third kappa shape index (κ3) is 3.46. The normalized spacial score (nSPS) is 18.2. The first-order chi connectivity index (χ1) is 11.8. The molecule has 0 bridgehead atoms. The zero-order valence-corrected chi connectivity index (χ0v) is 13.5. The number of benzene rings is 2. The van der Waals surface area contributed by atoms with Crippen molar-refractivity contribution in [2.75, 3.05) is 19.8 Å². The molecule has 1 aliphatic heterocycles. The molecule has 2 aromatic rings. The maximum absolute atomic E-state index is 9.66. The lowest BCUT2D eigenvalue weighted by molar-refractivity contribution is 0.0514. The Balaban J connectivity index is 1.79. The van der Waals surface area contributed by atoms with E-state index >= 15 is 0 Å². The fourth-order valence-electron chi connectivity index (χ4n) is 3.28. The van der Waals surface area contributed by atoms with Crippen LogP contribution in [-0.4, -0.2) is 29.6 Å². The summed E-state index contributed by atoms with van der Waals surface area (Å²) in [6.45, 7) is 2.37. The molecular weight excluding hydrogens is 296 g/mol. The monoisotopic (exact) mass is 316 g/mol. The molecule has 1 saturated heterocycles. The Labute approximate surface area is 143 Å². The van der Waals surface area contributed by atoms with Gasteiger partial charge in [-0.3, -0.25) is 9.80 Å². The molecule has 1 fully saturated rings. The minimum atomic E-state index is -0.274. The smallest absolute Gasteiger partial charge is 0.124 e. The van der Waals surface area contributed by atoms with Gasteiger partial charge in [0, 0.05) is 13.1 Å². The molecular formula is C20H20N4. The lowest BCUT2D eigenvalue weighted by atomic mass is 10.0. The highest BCUT2D eigenvalue weighted by Gasteiger charge is 2.29. The largest absolute Gasteiger partial charge is 0.271 e. The summed E-state index contributed by atoms with van der Waals surface area (Å²) in [5.74, 6) is 0. The van der Waals surface area contributed by atoms with E-state index < -0.39 is 0 Å². The summed E-state index contributed by atoms with van der Waals surface area (Å²) in [5, 5.41) is 19.3. The van der Waals surface area contributed by atoms with Gasteiger partial charge in [0.15, 0.2) is 0 Å². The predicted molar refractivity (Wildman–Crippen MR) is 92.5 cm³/mol. The molecule has 0 unspecified atom stereocenters. The molecule has 4 heteroatoms. The van der Waals surface area contributed by atoms with Crippen LogP contribution in [0.3, 0.4) is 0 Å². The second-order valence-corrected chi connectivity index (χ2v) is 6.00. The lowest BCUT2D eigenvalue weighted by Crippen LogP contribution is -2.47. The van der Waals surface area contributed by atoms with Gasteiger partial charge in [-0.1, -0.05) is 60.7 Å². The Kier molecular flexibility index (Phi) is 5.23. The van der Waals surface area contributed by atoms with Crippen molar-refractivity contribution in [1.82, 2.24) is 9.80 Å². The quantitative estimate of drug-likeness (QED) is 0.866. The fourth-order valence-corrected chi connectivity index (χ4v) is 3.28.